The van der Waals surface area contributed by atoms with Crippen LogP contribution in [-0.2, 0) is 22.2 Å². The Morgan fingerprint density at radius 2 is 1.94 bits per heavy atom. The Morgan fingerprint density at radius 1 is 1.39 bits per heavy atom. The molecule has 2 atom stereocenters. The van der Waals surface area contributed by atoms with Crippen molar-refractivity contribution in [3.05, 3.63) is 18.7 Å². The van der Waals surface area contributed by atoms with Gasteiger partial charge in [0.2, 0.25) is 6.33 Å². The van der Waals surface area contributed by atoms with Crippen LogP contribution in [0.5, 0.6) is 0 Å². The molecular weight excluding hydrogens is 286 g/mol. The summed E-state index contributed by atoms with van der Waals surface area (Å²) in [6.45, 7) is 1.38. The van der Waals surface area contributed by atoms with Crippen molar-refractivity contribution in [1.29, 1.82) is 0 Å². The summed E-state index contributed by atoms with van der Waals surface area (Å²) in [5.41, 5.74) is 0. The molecule has 0 fully saturated rings. The van der Waals surface area contributed by atoms with Crippen LogP contribution < -0.4 is 9.46 Å². The minimum Gasteiger partial charge on any atom is -0.776 e. The van der Waals surface area contributed by atoms with Gasteiger partial charge in [0.25, 0.3) is 5.08 Å². The fraction of sp³-hybridized carbons (Fsp3) is 0.571. The second-order valence-corrected chi connectivity index (χ2v) is 7.72. The number of nitrogens with zero attached hydrogens (tertiary/aromatic N) is 2. The molecule has 0 bridgehead atoms. The Balaban J connectivity index is 3.16. The average Bonchev–Trinajstić information content (AvgIpc) is 2.62. The van der Waals surface area contributed by atoms with E-state index in [1.807, 2.05) is 0 Å². The van der Waals surface area contributed by atoms with Crippen molar-refractivity contribution in [3.63, 3.8) is 0 Å². The number of imidazole rings is 1. The van der Waals surface area contributed by atoms with Crippen molar-refractivity contribution in [3.8, 4) is 0 Å². The lowest BCUT2D eigenvalue weighted by molar-refractivity contribution is -0.693. The number of hydrogen-bond donors (Lipinski definition) is 4. The van der Waals surface area contributed by atoms with Gasteiger partial charge >= 0.3 is 7.60 Å². The first kappa shape index (κ1) is 15.5. The molecule has 0 aromatic carbocycles. The number of aromatic nitrogens is 2. The molecule has 104 valence electrons. The monoisotopic (exact) mass is 300 g/mol. The van der Waals surface area contributed by atoms with Crippen LogP contribution in [0.15, 0.2) is 18.7 Å². The van der Waals surface area contributed by atoms with Crippen LogP contribution in [0, 0.1) is 0 Å². The van der Waals surface area contributed by atoms with Gasteiger partial charge in [-0.15, -0.1) is 0 Å². The minimum absolute atomic E-state index is 0.551. The van der Waals surface area contributed by atoms with Crippen LogP contribution in [0.25, 0.3) is 0 Å². The molecule has 4 N–H and O–H groups in total. The summed E-state index contributed by atoms with van der Waals surface area (Å²) in [5, 5.41) is 6.06. The van der Waals surface area contributed by atoms with E-state index >= 15 is 0 Å². The molecule has 18 heavy (non-hydrogen) atoms. The van der Waals surface area contributed by atoms with Crippen LogP contribution in [0.1, 0.15) is 6.92 Å². The molecule has 9 nitrogen and oxygen atoms in total. The fourth-order valence-electron chi connectivity index (χ4n) is 1.31. The predicted molar refractivity (Wildman–Crippen MR) is 57.1 cm³/mol. The van der Waals surface area contributed by atoms with Crippen molar-refractivity contribution in [2.24, 2.45) is 0 Å². The first-order chi connectivity index (χ1) is 8.01. The van der Waals surface area contributed by atoms with Crippen molar-refractivity contribution in [2.45, 2.75) is 25.1 Å². The van der Waals surface area contributed by atoms with E-state index in [2.05, 4.69) is 0 Å². The molecule has 0 saturated carbocycles. The quantitative estimate of drug-likeness (QED) is 0.369. The van der Waals surface area contributed by atoms with Crippen LogP contribution >= 0.6 is 15.2 Å². The molecule has 11 heteroatoms. The molecule has 0 aliphatic heterocycles. The zero-order valence-corrected chi connectivity index (χ0v) is 11.2. The Morgan fingerprint density at radius 3 is 2.28 bits per heavy atom. The number of aryl methyl sites for hydroxylation is 1. The van der Waals surface area contributed by atoms with E-state index in [1.54, 1.807) is 11.5 Å². The summed E-state index contributed by atoms with van der Waals surface area (Å²) < 4.78 is 24.7. The Labute approximate surface area is 103 Å². The molecular formula is C7H14N2O7P2. The molecule has 1 heterocycles. The Bertz CT molecular complexity index is 494. The van der Waals surface area contributed by atoms with Crippen LogP contribution in [-0.4, -0.2) is 29.4 Å². The van der Waals surface area contributed by atoms with Gasteiger partial charge in [0.15, 0.2) is 7.60 Å². The molecule has 0 spiro atoms. The third-order valence-corrected chi connectivity index (χ3v) is 6.09. The maximum absolute atomic E-state index is 11.1. The van der Waals surface area contributed by atoms with E-state index in [4.69, 9.17) is 14.7 Å². The molecule has 1 aromatic heterocycles. The first-order valence-electron chi connectivity index (χ1n) is 4.88. The third-order valence-electron chi connectivity index (χ3n) is 2.43. The molecule has 2 unspecified atom stereocenters. The number of rotatable bonds is 5. The normalized spacial score (nSPS) is 19.2. The lowest BCUT2D eigenvalue weighted by atomic mass is 10.6. The Kier molecular flexibility index (Phi) is 4.19. The highest BCUT2D eigenvalue weighted by molar-refractivity contribution is 7.71. The molecule has 0 aliphatic carbocycles. The second kappa shape index (κ2) is 4.86. The van der Waals surface area contributed by atoms with Crippen molar-refractivity contribution in [1.82, 2.24) is 4.57 Å². The van der Waals surface area contributed by atoms with Gasteiger partial charge in [0, 0.05) is 0 Å². The summed E-state index contributed by atoms with van der Waals surface area (Å²) in [4.78, 5) is 37.6. The van der Waals surface area contributed by atoms with Crippen LogP contribution in [0.3, 0.4) is 0 Å². The van der Waals surface area contributed by atoms with Gasteiger partial charge in [0.05, 0.1) is 6.54 Å². The highest BCUT2D eigenvalue weighted by Gasteiger charge is 2.55. The van der Waals surface area contributed by atoms with E-state index in [-0.39, 0.29) is 0 Å². The lowest BCUT2D eigenvalue weighted by Crippen LogP contribution is -2.38. The second-order valence-electron chi connectivity index (χ2n) is 3.76. The van der Waals surface area contributed by atoms with Gasteiger partial charge in [-0.3, -0.25) is 4.57 Å². The number of hydrogen-bond acceptors (Lipinski definition) is 4. The summed E-state index contributed by atoms with van der Waals surface area (Å²) in [7, 11) is -11.1. The highest BCUT2D eigenvalue weighted by atomic mass is 31.2. The molecule has 1 rings (SSSR count). The molecule has 0 radical (unpaired) electrons. The van der Waals surface area contributed by atoms with E-state index in [0.29, 0.717) is 6.54 Å². The summed E-state index contributed by atoms with van der Waals surface area (Å²) in [5.74, 6) is 0. The van der Waals surface area contributed by atoms with Gasteiger partial charge in [-0.05, 0) is 6.92 Å². The van der Waals surface area contributed by atoms with Crippen molar-refractivity contribution >= 4 is 15.2 Å². The first-order valence-corrected chi connectivity index (χ1v) is 8.07. The van der Waals surface area contributed by atoms with E-state index < -0.39 is 26.8 Å². The molecule has 1 aromatic rings. The van der Waals surface area contributed by atoms with Crippen molar-refractivity contribution in [2.75, 3.05) is 0 Å². The van der Waals surface area contributed by atoms with Gasteiger partial charge in [0.1, 0.15) is 18.9 Å². The summed E-state index contributed by atoms with van der Waals surface area (Å²) in [6.07, 6.45) is 4.18. The predicted octanol–water partition coefficient (Wildman–Crippen LogP) is -1.84. The van der Waals surface area contributed by atoms with Crippen molar-refractivity contribution < 1.29 is 38.4 Å². The largest absolute Gasteiger partial charge is 0.776 e. The molecule has 0 amide bonds. The smallest absolute Gasteiger partial charge is 0.369 e. The van der Waals surface area contributed by atoms with E-state index in [9.17, 15) is 19.1 Å². The number of aliphatic hydroxyl groups is 1. The highest BCUT2D eigenvalue weighted by Crippen LogP contribution is 2.65. The minimum atomic E-state index is -5.66. The third kappa shape index (κ3) is 2.89. The standard InChI is InChI=1S/C7H14N2O7P2/c1-2-8-3-4-9(6-8)5-7(10,17(11,12)13)18(14,15)16/h3-4,6,10H,2,5H2,1H3,(H3-,11,12,13,14,15,16). The Hall–Kier alpha value is -0.530. The molecule has 0 aliphatic rings. The maximum atomic E-state index is 11.1. The zero-order chi connectivity index (χ0) is 14.2. The topological polar surface area (TPSA) is 147 Å². The van der Waals surface area contributed by atoms with Gasteiger partial charge in [-0.2, -0.15) is 0 Å². The summed E-state index contributed by atoms with van der Waals surface area (Å²) in [6, 6.07) is 0. The van der Waals surface area contributed by atoms with Crippen LogP contribution in [0.4, 0.5) is 0 Å². The van der Waals surface area contributed by atoms with E-state index in [1.165, 1.54) is 18.7 Å². The summed E-state index contributed by atoms with van der Waals surface area (Å²) >= 11 is 0. The SMILES string of the molecule is CC[n+]1ccn(CC(O)(P(=O)([O-])O)P(=O)(O)O)c1. The van der Waals surface area contributed by atoms with Gasteiger partial charge in [-0.1, -0.05) is 0 Å². The zero-order valence-electron chi connectivity index (χ0n) is 9.45. The van der Waals surface area contributed by atoms with E-state index in [0.717, 1.165) is 4.57 Å². The average molecular weight is 300 g/mol. The fourth-order valence-corrected chi connectivity index (χ4v) is 3.32. The molecule has 0 saturated heterocycles. The maximum Gasteiger partial charge on any atom is 0.369 e. The van der Waals surface area contributed by atoms with Gasteiger partial charge in [-0.25, -0.2) is 9.13 Å². The van der Waals surface area contributed by atoms with Gasteiger partial charge < -0.3 is 29.2 Å². The lowest BCUT2D eigenvalue weighted by Gasteiger charge is -2.34. The van der Waals surface area contributed by atoms with Crippen LogP contribution in [0.2, 0.25) is 0 Å².